The second-order valence-electron chi connectivity index (χ2n) is 7.36. The Balaban J connectivity index is 1.94. The highest BCUT2D eigenvalue weighted by molar-refractivity contribution is 7.89. The zero-order valence-electron chi connectivity index (χ0n) is 18.0. The Morgan fingerprint density at radius 3 is 2.23 bits per heavy atom. The highest BCUT2D eigenvalue weighted by Crippen LogP contribution is 2.17. The van der Waals surface area contributed by atoms with Crippen molar-refractivity contribution in [3.8, 4) is 0 Å². The van der Waals surface area contributed by atoms with E-state index < -0.39 is 10.0 Å². The lowest BCUT2D eigenvalue weighted by atomic mass is 10.0. The summed E-state index contributed by atoms with van der Waals surface area (Å²) in [4.78, 5) is 4.49. The van der Waals surface area contributed by atoms with Gasteiger partial charge in [0.25, 0.3) is 0 Å². The van der Waals surface area contributed by atoms with Gasteiger partial charge in [-0.25, -0.2) is 8.42 Å². The number of nitrogens with one attached hydrogen (secondary N) is 2. The Bertz CT molecular complexity index is 913. The molecule has 0 aliphatic heterocycles. The standard InChI is InChI=1S/C22H32N4O3S/c1-17(2)26(4)30(28,29)21-12-10-18(11-13-21)14-24-22(23-3)25-15-20(16-27)19-8-6-5-7-9-19/h5-13,17,20,27H,14-16H2,1-4H3,(H2,23,24,25). The van der Waals surface area contributed by atoms with Crippen LogP contribution >= 0.6 is 0 Å². The number of aliphatic imine (C=N–C) groups is 1. The smallest absolute Gasteiger partial charge is 0.243 e. The van der Waals surface area contributed by atoms with E-state index in [1.54, 1.807) is 38.4 Å². The van der Waals surface area contributed by atoms with Gasteiger partial charge in [-0.3, -0.25) is 4.99 Å². The number of rotatable bonds is 9. The lowest BCUT2D eigenvalue weighted by molar-refractivity contribution is 0.265. The van der Waals surface area contributed by atoms with Gasteiger partial charge in [0, 0.05) is 39.1 Å². The molecule has 8 heteroatoms. The summed E-state index contributed by atoms with van der Waals surface area (Å²) in [5.74, 6) is 0.577. The van der Waals surface area contributed by atoms with Gasteiger partial charge >= 0.3 is 0 Å². The molecule has 2 aromatic carbocycles. The molecule has 0 spiro atoms. The van der Waals surface area contributed by atoms with Gasteiger partial charge in [0.15, 0.2) is 5.96 Å². The Hall–Kier alpha value is -2.42. The average Bonchev–Trinajstić information content (AvgIpc) is 2.76. The van der Waals surface area contributed by atoms with Gasteiger partial charge in [-0.2, -0.15) is 4.31 Å². The molecule has 2 rings (SSSR count). The fourth-order valence-corrected chi connectivity index (χ4v) is 4.23. The summed E-state index contributed by atoms with van der Waals surface area (Å²) in [5, 5.41) is 16.1. The maximum atomic E-state index is 12.6. The van der Waals surface area contributed by atoms with Crippen LogP contribution in [-0.4, -0.2) is 57.1 Å². The molecule has 0 aliphatic rings. The van der Waals surface area contributed by atoms with Gasteiger partial charge in [-0.05, 0) is 37.1 Å². The van der Waals surface area contributed by atoms with Crippen molar-refractivity contribution in [2.45, 2.75) is 37.2 Å². The predicted octanol–water partition coefficient (Wildman–Crippen LogP) is 2.16. The summed E-state index contributed by atoms with van der Waals surface area (Å²) in [6.07, 6.45) is 0. The second-order valence-corrected chi connectivity index (χ2v) is 9.35. The van der Waals surface area contributed by atoms with Crippen LogP contribution in [0.4, 0.5) is 0 Å². The van der Waals surface area contributed by atoms with Crippen LogP contribution < -0.4 is 10.6 Å². The number of guanidine groups is 1. The van der Waals surface area contributed by atoms with Gasteiger partial charge in [-0.1, -0.05) is 42.5 Å². The molecule has 0 amide bonds. The highest BCUT2D eigenvalue weighted by atomic mass is 32.2. The molecule has 0 saturated carbocycles. The summed E-state index contributed by atoms with van der Waals surface area (Å²) < 4.78 is 26.5. The van der Waals surface area contributed by atoms with E-state index in [0.717, 1.165) is 11.1 Å². The minimum atomic E-state index is -3.49. The van der Waals surface area contributed by atoms with E-state index in [4.69, 9.17) is 0 Å². The quantitative estimate of drug-likeness (QED) is 0.417. The Kier molecular flexibility index (Phi) is 8.83. The number of benzene rings is 2. The number of aliphatic hydroxyl groups is 1. The number of nitrogens with zero attached hydrogens (tertiary/aromatic N) is 2. The first-order chi connectivity index (χ1) is 14.3. The van der Waals surface area contributed by atoms with Crippen LogP contribution in [0.1, 0.15) is 30.9 Å². The Morgan fingerprint density at radius 1 is 1.07 bits per heavy atom. The summed E-state index contributed by atoms with van der Waals surface area (Å²) in [6.45, 7) is 4.75. The first-order valence-electron chi connectivity index (χ1n) is 9.97. The predicted molar refractivity (Wildman–Crippen MR) is 121 cm³/mol. The van der Waals surface area contributed by atoms with E-state index in [2.05, 4.69) is 15.6 Å². The van der Waals surface area contributed by atoms with Crippen molar-refractivity contribution in [2.75, 3.05) is 27.2 Å². The zero-order chi connectivity index (χ0) is 22.1. The van der Waals surface area contributed by atoms with E-state index in [1.807, 2.05) is 44.2 Å². The van der Waals surface area contributed by atoms with Gasteiger partial charge in [0.05, 0.1) is 11.5 Å². The van der Waals surface area contributed by atoms with E-state index in [0.29, 0.717) is 19.0 Å². The van der Waals surface area contributed by atoms with Gasteiger partial charge in [0.2, 0.25) is 10.0 Å². The van der Waals surface area contributed by atoms with Crippen molar-refractivity contribution in [3.63, 3.8) is 0 Å². The molecule has 1 atom stereocenters. The normalized spacial score (nSPS) is 13.5. The summed E-state index contributed by atoms with van der Waals surface area (Å²) >= 11 is 0. The minimum Gasteiger partial charge on any atom is -0.396 e. The second kappa shape index (κ2) is 11.1. The van der Waals surface area contributed by atoms with Crippen LogP contribution in [0, 0.1) is 0 Å². The Labute approximate surface area is 179 Å². The summed E-state index contributed by atoms with van der Waals surface area (Å²) in [6, 6.07) is 16.6. The molecule has 0 bridgehead atoms. The fourth-order valence-electron chi connectivity index (χ4n) is 2.86. The maximum absolute atomic E-state index is 12.6. The average molecular weight is 433 g/mol. The molecule has 7 nitrogen and oxygen atoms in total. The maximum Gasteiger partial charge on any atom is 0.243 e. The van der Waals surface area contributed by atoms with Crippen molar-refractivity contribution in [3.05, 3.63) is 65.7 Å². The van der Waals surface area contributed by atoms with Gasteiger partial charge in [-0.15, -0.1) is 0 Å². The van der Waals surface area contributed by atoms with Crippen molar-refractivity contribution < 1.29 is 13.5 Å². The first kappa shape index (κ1) is 23.9. The SMILES string of the molecule is CN=C(NCc1ccc(S(=O)(=O)N(C)C(C)C)cc1)NCC(CO)c1ccccc1. The molecule has 0 fully saturated rings. The summed E-state index contributed by atoms with van der Waals surface area (Å²) in [7, 11) is -0.218. The van der Waals surface area contributed by atoms with Crippen LogP contribution in [-0.2, 0) is 16.6 Å². The molecule has 0 aliphatic carbocycles. The number of sulfonamides is 1. The molecule has 164 valence electrons. The topological polar surface area (TPSA) is 94.0 Å². The van der Waals surface area contributed by atoms with Crippen molar-refractivity contribution in [1.82, 2.24) is 14.9 Å². The summed E-state index contributed by atoms with van der Waals surface area (Å²) in [5.41, 5.74) is 2.00. The van der Waals surface area contributed by atoms with Crippen LogP contribution in [0.15, 0.2) is 64.5 Å². The number of aliphatic hydroxyl groups excluding tert-OH is 1. The van der Waals surface area contributed by atoms with Crippen LogP contribution in [0.5, 0.6) is 0 Å². The molecule has 0 radical (unpaired) electrons. The molecule has 0 aromatic heterocycles. The number of hydrogen-bond donors (Lipinski definition) is 3. The molecule has 1 unspecified atom stereocenters. The molecule has 30 heavy (non-hydrogen) atoms. The molecular formula is C22H32N4O3S. The molecule has 2 aromatic rings. The molecule has 3 N–H and O–H groups in total. The fraction of sp³-hybridized carbons (Fsp3) is 0.409. The van der Waals surface area contributed by atoms with Crippen LogP contribution in [0.2, 0.25) is 0 Å². The van der Waals surface area contributed by atoms with Gasteiger partial charge in [0.1, 0.15) is 0 Å². The first-order valence-corrected chi connectivity index (χ1v) is 11.4. The number of hydrogen-bond acceptors (Lipinski definition) is 4. The third-order valence-electron chi connectivity index (χ3n) is 5.02. The van der Waals surface area contributed by atoms with E-state index in [1.165, 1.54) is 4.31 Å². The highest BCUT2D eigenvalue weighted by Gasteiger charge is 2.22. The lowest BCUT2D eigenvalue weighted by Crippen LogP contribution is -2.39. The minimum absolute atomic E-state index is 0.0350. The third-order valence-corrected chi connectivity index (χ3v) is 7.07. The van der Waals surface area contributed by atoms with Crippen LogP contribution in [0.25, 0.3) is 0 Å². The Morgan fingerprint density at radius 2 is 1.70 bits per heavy atom. The van der Waals surface area contributed by atoms with Crippen molar-refractivity contribution in [1.29, 1.82) is 0 Å². The molecular weight excluding hydrogens is 400 g/mol. The lowest BCUT2D eigenvalue weighted by Gasteiger charge is -2.21. The van der Waals surface area contributed by atoms with E-state index in [-0.39, 0.29) is 23.5 Å². The zero-order valence-corrected chi connectivity index (χ0v) is 18.9. The van der Waals surface area contributed by atoms with Crippen molar-refractivity contribution >= 4 is 16.0 Å². The monoisotopic (exact) mass is 432 g/mol. The largest absolute Gasteiger partial charge is 0.396 e. The third kappa shape index (κ3) is 6.29. The van der Waals surface area contributed by atoms with Gasteiger partial charge < -0.3 is 15.7 Å². The van der Waals surface area contributed by atoms with E-state index in [9.17, 15) is 13.5 Å². The molecule has 0 saturated heterocycles. The van der Waals surface area contributed by atoms with Crippen LogP contribution in [0.3, 0.4) is 0 Å². The van der Waals surface area contributed by atoms with Crippen molar-refractivity contribution in [2.24, 2.45) is 4.99 Å². The molecule has 0 heterocycles. The van der Waals surface area contributed by atoms with E-state index >= 15 is 0 Å².